The van der Waals surface area contributed by atoms with Crippen molar-refractivity contribution in [2.75, 3.05) is 40.3 Å². The molecule has 27 heavy (non-hydrogen) atoms. The summed E-state index contributed by atoms with van der Waals surface area (Å²) in [6, 6.07) is 8.16. The van der Waals surface area contributed by atoms with Crippen molar-refractivity contribution >= 4 is 12.4 Å². The van der Waals surface area contributed by atoms with E-state index in [1.165, 1.54) is 5.56 Å². The van der Waals surface area contributed by atoms with Crippen molar-refractivity contribution in [3.8, 4) is 5.75 Å². The monoisotopic (exact) mass is 378 g/mol. The Hall–Kier alpha value is -2.12. The lowest BCUT2D eigenvalue weighted by molar-refractivity contribution is -0.143. The highest BCUT2D eigenvalue weighted by Crippen LogP contribution is 2.34. The molecule has 2 aliphatic heterocycles. The van der Waals surface area contributed by atoms with E-state index in [1.54, 1.807) is 7.11 Å². The number of rotatable bonds is 3. The van der Waals surface area contributed by atoms with Crippen LogP contribution in [0.2, 0.25) is 0 Å². The smallest absolute Gasteiger partial charge is 0.290 e. The van der Waals surface area contributed by atoms with Crippen LogP contribution < -0.4 is 4.74 Å². The molecule has 0 spiro atoms. The summed E-state index contributed by atoms with van der Waals surface area (Å²) in [4.78, 5) is 25.2. The van der Waals surface area contributed by atoms with E-state index in [2.05, 4.69) is 11.0 Å². The van der Waals surface area contributed by atoms with Gasteiger partial charge >= 0.3 is 0 Å². The number of methoxy groups -OCH3 is 1. The van der Waals surface area contributed by atoms with Crippen molar-refractivity contribution in [2.45, 2.75) is 31.3 Å². The van der Waals surface area contributed by atoms with Gasteiger partial charge in [0.25, 0.3) is 6.47 Å². The quantitative estimate of drug-likeness (QED) is 0.773. The van der Waals surface area contributed by atoms with Gasteiger partial charge in [0.2, 0.25) is 5.91 Å². The van der Waals surface area contributed by atoms with Crippen molar-refractivity contribution in [2.24, 2.45) is 5.92 Å². The van der Waals surface area contributed by atoms with Crippen molar-refractivity contribution in [3.05, 3.63) is 29.8 Å². The first-order valence-electron chi connectivity index (χ1n) is 9.38. The Labute approximate surface area is 160 Å². The third-order valence-corrected chi connectivity index (χ3v) is 5.48. The number of aliphatic hydroxyl groups is 1. The van der Waals surface area contributed by atoms with Gasteiger partial charge in [0.05, 0.1) is 19.1 Å². The molecule has 0 saturated carbocycles. The summed E-state index contributed by atoms with van der Waals surface area (Å²) in [7, 11) is 3.72. The number of nitrogens with zero attached hydrogens (tertiary/aromatic N) is 2. The number of aliphatic hydroxyl groups excluding tert-OH is 1. The highest BCUT2D eigenvalue weighted by Gasteiger charge is 2.36. The number of hydrogen-bond acceptors (Lipinski definition) is 5. The maximum absolute atomic E-state index is 12.8. The number of ether oxygens (including phenoxy) is 1. The molecule has 1 aromatic carbocycles. The average molecular weight is 378 g/mol. The number of carbonyl (C=O) groups is 2. The molecule has 2 N–H and O–H groups in total. The molecular weight excluding hydrogens is 348 g/mol. The van der Waals surface area contributed by atoms with Crippen LogP contribution in [0.15, 0.2) is 24.3 Å². The van der Waals surface area contributed by atoms with Crippen LogP contribution in [0.25, 0.3) is 0 Å². The molecule has 0 aromatic heterocycles. The van der Waals surface area contributed by atoms with Gasteiger partial charge in [-0.3, -0.25) is 9.59 Å². The van der Waals surface area contributed by atoms with Gasteiger partial charge in [-0.2, -0.15) is 0 Å². The molecule has 0 radical (unpaired) electrons. The van der Waals surface area contributed by atoms with E-state index in [9.17, 15) is 9.90 Å². The first-order valence-corrected chi connectivity index (χ1v) is 9.38. The Morgan fingerprint density at radius 1 is 1.19 bits per heavy atom. The predicted octanol–water partition coefficient (Wildman–Crippen LogP) is 1.41. The van der Waals surface area contributed by atoms with Crippen molar-refractivity contribution in [1.29, 1.82) is 0 Å². The lowest BCUT2D eigenvalue weighted by Crippen LogP contribution is -2.51. The molecule has 1 amide bonds. The molecule has 2 saturated heterocycles. The van der Waals surface area contributed by atoms with Crippen LogP contribution in [-0.4, -0.2) is 78.8 Å². The van der Waals surface area contributed by atoms with Crippen LogP contribution in [0, 0.1) is 5.92 Å². The topological polar surface area (TPSA) is 90.3 Å². The summed E-state index contributed by atoms with van der Waals surface area (Å²) in [5.41, 5.74) is 1.24. The number of benzene rings is 1. The zero-order chi connectivity index (χ0) is 19.8. The summed E-state index contributed by atoms with van der Waals surface area (Å²) < 4.78 is 5.47. The van der Waals surface area contributed by atoms with Crippen LogP contribution >= 0.6 is 0 Å². The highest BCUT2D eigenvalue weighted by atomic mass is 16.5. The van der Waals surface area contributed by atoms with Crippen molar-refractivity contribution < 1.29 is 24.5 Å². The second-order valence-corrected chi connectivity index (χ2v) is 7.17. The van der Waals surface area contributed by atoms with Gasteiger partial charge in [0.1, 0.15) is 5.75 Å². The van der Waals surface area contributed by atoms with Crippen molar-refractivity contribution in [1.82, 2.24) is 9.80 Å². The van der Waals surface area contributed by atoms with Gasteiger partial charge in [0, 0.05) is 26.2 Å². The minimum Gasteiger partial charge on any atom is -0.496 e. The molecule has 0 unspecified atom stereocenters. The zero-order valence-electron chi connectivity index (χ0n) is 16.1. The first kappa shape index (κ1) is 21.2. The highest BCUT2D eigenvalue weighted by molar-refractivity contribution is 5.80. The largest absolute Gasteiger partial charge is 0.496 e. The minimum absolute atomic E-state index is 0.118. The lowest BCUT2D eigenvalue weighted by Gasteiger charge is -2.39. The standard InChI is InChI=1S/C19H28N2O3.CH2O2/c1-20-10-9-17(22)16(13-20)19(23)21-11-7-14(8-12-21)15-5-3-4-6-18(15)24-2;2-1-3/h3-6,14,16-17,22H,7-13H2,1-2H3;1H,(H,2,3)/t16-,17-;/m1./s1. The van der Waals surface area contributed by atoms with E-state index in [0.717, 1.165) is 38.2 Å². The van der Waals surface area contributed by atoms with Crippen LogP contribution in [0.4, 0.5) is 0 Å². The van der Waals surface area contributed by atoms with E-state index in [-0.39, 0.29) is 18.3 Å². The van der Waals surface area contributed by atoms with E-state index in [0.29, 0.717) is 18.9 Å². The summed E-state index contributed by atoms with van der Waals surface area (Å²) in [5.74, 6) is 1.22. The molecule has 7 heteroatoms. The van der Waals surface area contributed by atoms with Crippen LogP contribution in [0.1, 0.15) is 30.7 Å². The number of para-hydroxylation sites is 1. The maximum Gasteiger partial charge on any atom is 0.290 e. The fourth-order valence-electron chi connectivity index (χ4n) is 3.99. The lowest BCUT2D eigenvalue weighted by atomic mass is 9.87. The third kappa shape index (κ3) is 5.43. The number of likely N-dealkylation sites (tertiary alicyclic amines) is 2. The molecule has 2 heterocycles. The van der Waals surface area contributed by atoms with Gasteiger partial charge < -0.3 is 24.7 Å². The Bertz CT molecular complexity index is 616. The summed E-state index contributed by atoms with van der Waals surface area (Å²) in [6.45, 7) is 2.79. The van der Waals surface area contributed by atoms with Crippen LogP contribution in [0.5, 0.6) is 5.75 Å². The van der Waals surface area contributed by atoms with E-state index < -0.39 is 6.10 Å². The van der Waals surface area contributed by atoms with Crippen LogP contribution in [0.3, 0.4) is 0 Å². The van der Waals surface area contributed by atoms with Gasteiger partial charge in [-0.05, 0) is 43.9 Å². The Kier molecular flexibility index (Phi) is 8.06. The molecule has 3 rings (SSSR count). The molecular formula is C20H30N2O5. The molecule has 2 aliphatic rings. The molecule has 1 aromatic rings. The third-order valence-electron chi connectivity index (χ3n) is 5.48. The zero-order valence-corrected chi connectivity index (χ0v) is 16.1. The summed E-state index contributed by atoms with van der Waals surface area (Å²) >= 11 is 0. The van der Waals surface area contributed by atoms with E-state index >= 15 is 0 Å². The van der Waals surface area contributed by atoms with Crippen LogP contribution in [-0.2, 0) is 9.59 Å². The Balaban J connectivity index is 0.000000817. The number of amides is 1. The summed E-state index contributed by atoms with van der Waals surface area (Å²) in [6.07, 6.45) is 2.08. The fraction of sp³-hybridized carbons (Fsp3) is 0.600. The predicted molar refractivity (Wildman–Crippen MR) is 102 cm³/mol. The second-order valence-electron chi connectivity index (χ2n) is 7.17. The number of carbonyl (C=O) groups excluding carboxylic acids is 1. The second kappa shape index (κ2) is 10.3. The normalized spacial score (nSPS) is 23.9. The first-order chi connectivity index (χ1) is 13.0. The Morgan fingerprint density at radius 2 is 1.81 bits per heavy atom. The maximum atomic E-state index is 12.8. The van der Waals surface area contributed by atoms with Gasteiger partial charge in [-0.25, -0.2) is 0 Å². The molecule has 150 valence electrons. The number of hydrogen-bond donors (Lipinski definition) is 2. The van der Waals surface area contributed by atoms with E-state index in [4.69, 9.17) is 14.6 Å². The minimum atomic E-state index is -0.499. The summed E-state index contributed by atoms with van der Waals surface area (Å²) in [5, 5.41) is 17.1. The van der Waals surface area contributed by atoms with E-state index in [1.807, 2.05) is 30.1 Å². The molecule has 0 bridgehead atoms. The molecule has 2 fully saturated rings. The Morgan fingerprint density at radius 3 is 2.44 bits per heavy atom. The fourth-order valence-corrected chi connectivity index (χ4v) is 3.99. The van der Waals surface area contributed by atoms with Gasteiger partial charge in [0.15, 0.2) is 0 Å². The van der Waals surface area contributed by atoms with Crippen molar-refractivity contribution in [3.63, 3.8) is 0 Å². The van der Waals surface area contributed by atoms with Gasteiger partial charge in [-0.15, -0.1) is 0 Å². The molecule has 7 nitrogen and oxygen atoms in total. The SMILES string of the molecule is COc1ccccc1C1CCN(C(=O)[C@@H]2CN(C)CC[C@H]2O)CC1.O=CO. The molecule has 2 atom stereocenters. The number of carboxylic acid groups (broad SMARTS) is 1. The van der Waals surface area contributed by atoms with Gasteiger partial charge in [-0.1, -0.05) is 18.2 Å². The molecule has 0 aliphatic carbocycles. The number of piperidine rings is 2. The average Bonchev–Trinajstić information content (AvgIpc) is 2.70.